The van der Waals surface area contributed by atoms with Crippen LogP contribution in [0.3, 0.4) is 0 Å². The van der Waals surface area contributed by atoms with Gasteiger partial charge in [0.1, 0.15) is 5.60 Å². The topological polar surface area (TPSA) is 108 Å². The monoisotopic (exact) mass is 441 g/mol. The van der Waals surface area contributed by atoms with E-state index in [1.54, 1.807) is 70.2 Å². The van der Waals surface area contributed by atoms with E-state index in [0.29, 0.717) is 16.8 Å². The van der Waals surface area contributed by atoms with Crippen molar-refractivity contribution in [3.63, 3.8) is 0 Å². The Bertz CT molecular complexity index is 1020. The summed E-state index contributed by atoms with van der Waals surface area (Å²) in [5.41, 5.74) is 0.874. The predicted octanol–water partition coefficient (Wildman–Crippen LogP) is 4.49. The van der Waals surface area contributed by atoms with E-state index in [1.807, 2.05) is 6.07 Å². The number of nitrogens with zero attached hydrogens (tertiary/aromatic N) is 1. The molecule has 0 saturated heterocycles. The number of halogens is 1. The van der Waals surface area contributed by atoms with Crippen LogP contribution in [-0.4, -0.2) is 29.4 Å². The van der Waals surface area contributed by atoms with Gasteiger partial charge in [0, 0.05) is 12.1 Å². The van der Waals surface area contributed by atoms with Gasteiger partial charge in [0.2, 0.25) is 0 Å². The molecule has 2 rings (SSSR count). The Labute approximate surface area is 186 Å². The highest BCUT2D eigenvalue weighted by atomic mass is 35.5. The van der Waals surface area contributed by atoms with Crippen molar-refractivity contribution in [2.75, 3.05) is 5.32 Å². The number of carbonyl (C=O) groups excluding carboxylic acids is 3. The third-order valence-corrected chi connectivity index (χ3v) is 4.49. The molecule has 0 saturated carbocycles. The molecule has 0 fully saturated rings. The molecule has 0 aliphatic carbocycles. The van der Waals surface area contributed by atoms with Gasteiger partial charge in [-0.1, -0.05) is 23.7 Å². The highest BCUT2D eigenvalue weighted by molar-refractivity contribution is 6.34. The molecular weight excluding hydrogens is 418 g/mol. The van der Waals surface area contributed by atoms with Crippen molar-refractivity contribution in [1.29, 1.82) is 5.26 Å². The number of anilines is 1. The van der Waals surface area contributed by atoms with Gasteiger partial charge in [0.05, 0.1) is 28.3 Å². The molecule has 0 aromatic heterocycles. The lowest BCUT2D eigenvalue weighted by Crippen LogP contribution is -2.42. The molecule has 2 amide bonds. The SMILES string of the molecule is C[C@H](NC(=O)OC(C)(C)C)C(=O)Cc1cccc(Cl)c1C(=O)Nc1ccc(C#N)cc1. The summed E-state index contributed by atoms with van der Waals surface area (Å²) in [7, 11) is 0. The van der Waals surface area contributed by atoms with Crippen molar-refractivity contribution in [3.8, 4) is 6.07 Å². The lowest BCUT2D eigenvalue weighted by Gasteiger charge is -2.21. The van der Waals surface area contributed by atoms with Gasteiger partial charge in [-0.2, -0.15) is 5.26 Å². The zero-order valence-electron chi connectivity index (χ0n) is 17.8. The smallest absolute Gasteiger partial charge is 0.408 e. The van der Waals surface area contributed by atoms with E-state index in [4.69, 9.17) is 21.6 Å². The number of ether oxygens (including phenoxy) is 1. The number of nitriles is 1. The summed E-state index contributed by atoms with van der Waals surface area (Å²) in [6.45, 7) is 6.73. The van der Waals surface area contributed by atoms with Crippen LogP contribution in [0.2, 0.25) is 5.02 Å². The number of hydrogen-bond acceptors (Lipinski definition) is 5. The second-order valence-corrected chi connectivity index (χ2v) is 8.34. The largest absolute Gasteiger partial charge is 0.444 e. The van der Waals surface area contributed by atoms with Gasteiger partial charge in [0.25, 0.3) is 5.91 Å². The quantitative estimate of drug-likeness (QED) is 0.686. The van der Waals surface area contributed by atoms with Gasteiger partial charge in [-0.25, -0.2) is 4.79 Å². The molecule has 31 heavy (non-hydrogen) atoms. The van der Waals surface area contributed by atoms with Gasteiger partial charge in [0.15, 0.2) is 5.78 Å². The van der Waals surface area contributed by atoms with Gasteiger partial charge in [-0.15, -0.1) is 0 Å². The molecule has 0 aliphatic rings. The minimum absolute atomic E-state index is 0.104. The zero-order chi connectivity index (χ0) is 23.2. The maximum atomic E-state index is 12.8. The first-order valence-electron chi connectivity index (χ1n) is 9.61. The number of alkyl carbamates (subject to hydrolysis) is 1. The standard InChI is InChI=1S/C23H24ClN3O4/c1-14(26-22(30)31-23(2,3)4)19(28)12-16-6-5-7-18(24)20(16)21(29)27-17-10-8-15(13-25)9-11-17/h5-11,14H,12H2,1-4H3,(H,26,30)(H,27,29)/t14-/m0/s1. The van der Waals surface area contributed by atoms with Crippen LogP contribution in [0.4, 0.5) is 10.5 Å². The van der Waals surface area contributed by atoms with E-state index in [2.05, 4.69) is 10.6 Å². The fraction of sp³-hybridized carbons (Fsp3) is 0.304. The van der Waals surface area contributed by atoms with Gasteiger partial charge >= 0.3 is 6.09 Å². The lowest BCUT2D eigenvalue weighted by molar-refractivity contribution is -0.120. The molecule has 8 heteroatoms. The molecule has 0 radical (unpaired) electrons. The Kier molecular flexibility index (Phi) is 7.78. The fourth-order valence-corrected chi connectivity index (χ4v) is 2.98. The zero-order valence-corrected chi connectivity index (χ0v) is 18.5. The number of rotatable bonds is 6. The van der Waals surface area contributed by atoms with Crippen molar-refractivity contribution in [2.45, 2.75) is 45.8 Å². The molecule has 7 nitrogen and oxygen atoms in total. The maximum absolute atomic E-state index is 12.8. The molecule has 0 spiro atoms. The van der Waals surface area contributed by atoms with E-state index < -0.39 is 23.6 Å². The van der Waals surface area contributed by atoms with Crippen molar-refractivity contribution in [2.24, 2.45) is 0 Å². The van der Waals surface area contributed by atoms with Crippen molar-refractivity contribution in [3.05, 3.63) is 64.2 Å². The van der Waals surface area contributed by atoms with Crippen LogP contribution in [0, 0.1) is 11.3 Å². The first-order valence-corrected chi connectivity index (χ1v) is 9.99. The second kappa shape index (κ2) is 10.1. The predicted molar refractivity (Wildman–Crippen MR) is 118 cm³/mol. The number of nitrogens with one attached hydrogen (secondary N) is 2. The minimum Gasteiger partial charge on any atom is -0.444 e. The number of carbonyl (C=O) groups is 3. The van der Waals surface area contributed by atoms with Crippen LogP contribution in [0.15, 0.2) is 42.5 Å². The fourth-order valence-electron chi connectivity index (χ4n) is 2.70. The summed E-state index contributed by atoms with van der Waals surface area (Å²) in [6, 6.07) is 12.4. The molecule has 0 bridgehead atoms. The van der Waals surface area contributed by atoms with E-state index in [-0.39, 0.29) is 22.8 Å². The molecule has 2 aromatic carbocycles. The van der Waals surface area contributed by atoms with Crippen LogP contribution in [-0.2, 0) is 16.0 Å². The van der Waals surface area contributed by atoms with E-state index >= 15 is 0 Å². The normalized spacial score (nSPS) is 11.7. The molecule has 0 heterocycles. The van der Waals surface area contributed by atoms with Crippen LogP contribution >= 0.6 is 11.6 Å². The highest BCUT2D eigenvalue weighted by Crippen LogP contribution is 2.23. The van der Waals surface area contributed by atoms with Crippen molar-refractivity contribution >= 4 is 35.1 Å². The van der Waals surface area contributed by atoms with Gasteiger partial charge in [-0.3, -0.25) is 9.59 Å². The average Bonchev–Trinajstić information content (AvgIpc) is 2.67. The molecule has 0 aliphatic heterocycles. The summed E-state index contributed by atoms with van der Waals surface area (Å²) in [4.78, 5) is 37.4. The van der Waals surface area contributed by atoms with Gasteiger partial charge in [-0.05, 0) is 63.6 Å². The van der Waals surface area contributed by atoms with Crippen LogP contribution in [0.25, 0.3) is 0 Å². The summed E-state index contributed by atoms with van der Waals surface area (Å²) >= 11 is 6.25. The third kappa shape index (κ3) is 7.12. The van der Waals surface area contributed by atoms with Crippen molar-refractivity contribution < 1.29 is 19.1 Å². The first-order chi connectivity index (χ1) is 14.5. The molecule has 162 valence electrons. The highest BCUT2D eigenvalue weighted by Gasteiger charge is 2.23. The second-order valence-electron chi connectivity index (χ2n) is 7.93. The number of hydrogen-bond donors (Lipinski definition) is 2. The van der Waals surface area contributed by atoms with Crippen LogP contribution in [0.1, 0.15) is 49.2 Å². The van der Waals surface area contributed by atoms with E-state index in [0.717, 1.165) is 0 Å². The number of amides is 2. The summed E-state index contributed by atoms with van der Waals surface area (Å²) in [5.74, 6) is -0.786. The molecular formula is C23H24ClN3O4. The van der Waals surface area contributed by atoms with Crippen molar-refractivity contribution in [1.82, 2.24) is 5.32 Å². The Morgan fingerprint density at radius 3 is 2.35 bits per heavy atom. The number of benzene rings is 2. The van der Waals surface area contributed by atoms with Crippen LogP contribution in [0.5, 0.6) is 0 Å². The maximum Gasteiger partial charge on any atom is 0.408 e. The Morgan fingerprint density at radius 1 is 1.13 bits per heavy atom. The number of Topliss-reactive ketones (excluding diaryl/α,β-unsaturated/α-hetero) is 1. The summed E-state index contributed by atoms with van der Waals surface area (Å²) < 4.78 is 5.17. The molecule has 2 N–H and O–H groups in total. The summed E-state index contributed by atoms with van der Waals surface area (Å²) in [5, 5.41) is 14.3. The minimum atomic E-state index is -0.816. The first kappa shape index (κ1) is 23.9. The van der Waals surface area contributed by atoms with Gasteiger partial charge < -0.3 is 15.4 Å². The molecule has 1 atom stereocenters. The molecule has 0 unspecified atom stereocenters. The van der Waals surface area contributed by atoms with Crippen LogP contribution < -0.4 is 10.6 Å². The Balaban J connectivity index is 2.14. The third-order valence-electron chi connectivity index (χ3n) is 4.18. The van der Waals surface area contributed by atoms with E-state index in [9.17, 15) is 14.4 Å². The average molecular weight is 442 g/mol. The Morgan fingerprint density at radius 2 is 1.77 bits per heavy atom. The lowest BCUT2D eigenvalue weighted by atomic mass is 9.99. The Hall–Kier alpha value is -3.37. The van der Waals surface area contributed by atoms with E-state index in [1.165, 1.54) is 0 Å². The number of ketones is 1. The summed E-state index contributed by atoms with van der Waals surface area (Å²) in [6.07, 6.45) is -0.800. The molecule has 2 aromatic rings.